The molecule has 4 nitrogen and oxygen atoms in total. The van der Waals surface area contributed by atoms with Crippen LogP contribution < -0.4 is 0 Å². The minimum Gasteiger partial charge on any atom is -0.207 e. The zero-order chi connectivity index (χ0) is 16.5. The number of fused-ring (bicyclic) bond motifs is 1. The van der Waals surface area contributed by atoms with Gasteiger partial charge in [0, 0.05) is 12.8 Å². The van der Waals surface area contributed by atoms with Crippen molar-refractivity contribution in [3.05, 3.63) is 81.9 Å². The summed E-state index contributed by atoms with van der Waals surface area (Å²) < 4.78 is 14.8. The normalized spacial score (nSPS) is 11.2. The van der Waals surface area contributed by atoms with Crippen molar-refractivity contribution in [3.63, 3.8) is 0 Å². The molecule has 2 aromatic carbocycles. The van der Waals surface area contributed by atoms with Gasteiger partial charge < -0.3 is 0 Å². The zero-order valence-corrected chi connectivity index (χ0v) is 13.9. The fourth-order valence-electron chi connectivity index (χ4n) is 2.63. The highest BCUT2D eigenvalue weighted by Gasteiger charge is 2.13. The number of hydrogen-bond donors (Lipinski definition) is 0. The summed E-state index contributed by atoms with van der Waals surface area (Å²) >= 11 is 1.55. The summed E-state index contributed by atoms with van der Waals surface area (Å²) in [4.78, 5) is 0.788. The fourth-order valence-corrected chi connectivity index (χ4v) is 3.51. The van der Waals surface area contributed by atoms with Crippen LogP contribution >= 0.6 is 11.3 Å². The van der Waals surface area contributed by atoms with Gasteiger partial charge in [-0.3, -0.25) is 0 Å². The van der Waals surface area contributed by atoms with Crippen LogP contribution in [0, 0.1) is 12.7 Å². The largest absolute Gasteiger partial charge is 0.234 e. The van der Waals surface area contributed by atoms with Gasteiger partial charge in [0.05, 0.1) is 0 Å². The van der Waals surface area contributed by atoms with Gasteiger partial charge in [-0.05, 0) is 35.7 Å². The summed E-state index contributed by atoms with van der Waals surface area (Å²) in [5, 5.41) is 14.1. The molecule has 4 rings (SSSR count). The standard InChI is InChI=1S/C18H15FN4S/c1-12-4-2-3-5-14(12)11-17-22-23-16(20-21-18(23)24-17)10-13-6-8-15(19)9-7-13/h2-9H,10-11H2,1H3. The Bertz CT molecular complexity index is 988. The third kappa shape index (κ3) is 2.92. The van der Waals surface area contributed by atoms with E-state index in [0.29, 0.717) is 6.42 Å². The predicted molar refractivity (Wildman–Crippen MR) is 91.9 cm³/mol. The van der Waals surface area contributed by atoms with Crippen molar-refractivity contribution < 1.29 is 4.39 Å². The molecule has 0 N–H and O–H groups in total. The van der Waals surface area contributed by atoms with Crippen LogP contribution in [0.4, 0.5) is 4.39 Å². The molecule has 0 amide bonds. The quantitative estimate of drug-likeness (QED) is 0.568. The molecule has 4 aromatic rings. The van der Waals surface area contributed by atoms with Crippen LogP contribution in [0.3, 0.4) is 0 Å². The molecular formula is C18H15FN4S. The van der Waals surface area contributed by atoms with Crippen molar-refractivity contribution in [1.82, 2.24) is 19.8 Å². The van der Waals surface area contributed by atoms with E-state index in [1.54, 1.807) is 28.0 Å². The maximum absolute atomic E-state index is 13.0. The molecule has 120 valence electrons. The maximum atomic E-state index is 13.0. The Balaban J connectivity index is 1.61. The Morgan fingerprint density at radius 2 is 1.79 bits per heavy atom. The topological polar surface area (TPSA) is 43.1 Å². The average molecular weight is 338 g/mol. The summed E-state index contributed by atoms with van der Waals surface area (Å²) in [5.74, 6) is 0.531. The first-order valence-electron chi connectivity index (χ1n) is 7.68. The Hall–Kier alpha value is -2.60. The van der Waals surface area contributed by atoms with Gasteiger partial charge in [0.15, 0.2) is 5.82 Å². The van der Waals surface area contributed by atoms with Crippen molar-refractivity contribution in [1.29, 1.82) is 0 Å². The van der Waals surface area contributed by atoms with Gasteiger partial charge >= 0.3 is 0 Å². The first-order chi connectivity index (χ1) is 11.7. The van der Waals surface area contributed by atoms with Crippen molar-refractivity contribution in [2.24, 2.45) is 0 Å². The SMILES string of the molecule is Cc1ccccc1Cc1nn2c(Cc3ccc(F)cc3)nnc2s1. The average Bonchev–Trinajstić information content (AvgIpc) is 3.13. The van der Waals surface area contributed by atoms with Gasteiger partial charge in [-0.25, -0.2) is 4.39 Å². The molecule has 6 heteroatoms. The van der Waals surface area contributed by atoms with Crippen molar-refractivity contribution in [3.8, 4) is 0 Å². The second-order valence-electron chi connectivity index (χ2n) is 5.71. The van der Waals surface area contributed by atoms with E-state index in [4.69, 9.17) is 0 Å². The highest BCUT2D eigenvalue weighted by atomic mass is 32.1. The zero-order valence-electron chi connectivity index (χ0n) is 13.1. The first-order valence-corrected chi connectivity index (χ1v) is 8.49. The molecule has 0 unspecified atom stereocenters. The highest BCUT2D eigenvalue weighted by Crippen LogP contribution is 2.20. The van der Waals surface area contributed by atoms with Crippen LogP contribution in [-0.4, -0.2) is 19.8 Å². The van der Waals surface area contributed by atoms with E-state index in [1.165, 1.54) is 23.3 Å². The third-order valence-corrected chi connectivity index (χ3v) is 4.87. The highest BCUT2D eigenvalue weighted by molar-refractivity contribution is 7.16. The van der Waals surface area contributed by atoms with Crippen LogP contribution in [0.2, 0.25) is 0 Å². The van der Waals surface area contributed by atoms with Crippen LogP contribution in [-0.2, 0) is 12.8 Å². The number of benzene rings is 2. The van der Waals surface area contributed by atoms with Gasteiger partial charge in [0.1, 0.15) is 10.8 Å². The molecule has 0 saturated carbocycles. The van der Waals surface area contributed by atoms with Gasteiger partial charge in [0.2, 0.25) is 4.96 Å². The molecule has 0 aliphatic rings. The molecule has 0 radical (unpaired) electrons. The molecule has 2 aromatic heterocycles. The lowest BCUT2D eigenvalue weighted by Crippen LogP contribution is -1.99. The second kappa shape index (κ2) is 6.13. The predicted octanol–water partition coefficient (Wildman–Crippen LogP) is 3.81. The lowest BCUT2D eigenvalue weighted by Gasteiger charge is -2.02. The fraction of sp³-hybridized carbons (Fsp3) is 0.167. The molecule has 0 spiro atoms. The lowest BCUT2D eigenvalue weighted by atomic mass is 10.1. The number of nitrogens with zero attached hydrogens (tertiary/aromatic N) is 4. The van der Waals surface area contributed by atoms with E-state index < -0.39 is 0 Å². The van der Waals surface area contributed by atoms with Crippen LogP contribution in [0.15, 0.2) is 48.5 Å². The lowest BCUT2D eigenvalue weighted by molar-refractivity contribution is 0.627. The molecule has 0 saturated heterocycles. The Morgan fingerprint density at radius 3 is 2.58 bits per heavy atom. The molecule has 24 heavy (non-hydrogen) atoms. The number of halogens is 1. The van der Waals surface area contributed by atoms with Crippen molar-refractivity contribution in [2.75, 3.05) is 0 Å². The van der Waals surface area contributed by atoms with E-state index >= 15 is 0 Å². The first kappa shape index (κ1) is 15.0. The summed E-state index contributed by atoms with van der Waals surface area (Å²) in [6, 6.07) is 14.7. The molecule has 0 bridgehead atoms. The smallest absolute Gasteiger partial charge is 0.207 e. The van der Waals surface area contributed by atoms with Gasteiger partial charge in [0.25, 0.3) is 0 Å². The monoisotopic (exact) mass is 338 g/mol. The number of hydrogen-bond acceptors (Lipinski definition) is 4. The van der Waals surface area contributed by atoms with Crippen LogP contribution in [0.1, 0.15) is 27.5 Å². The summed E-state index contributed by atoms with van der Waals surface area (Å²) in [5.41, 5.74) is 3.51. The van der Waals surface area contributed by atoms with E-state index in [1.807, 2.05) is 12.1 Å². The molecule has 0 fully saturated rings. The van der Waals surface area contributed by atoms with Gasteiger partial charge in [-0.2, -0.15) is 9.61 Å². The Morgan fingerprint density at radius 1 is 1.00 bits per heavy atom. The minimum atomic E-state index is -0.237. The molecule has 0 aliphatic carbocycles. The molecular weight excluding hydrogens is 323 g/mol. The van der Waals surface area contributed by atoms with Crippen molar-refractivity contribution >= 4 is 16.3 Å². The molecule has 0 aliphatic heterocycles. The van der Waals surface area contributed by atoms with E-state index in [-0.39, 0.29) is 5.82 Å². The molecule has 0 atom stereocenters. The van der Waals surface area contributed by atoms with Gasteiger partial charge in [-0.15, -0.1) is 10.2 Å². The summed E-state index contributed by atoms with van der Waals surface area (Å²) in [6.07, 6.45) is 1.37. The van der Waals surface area contributed by atoms with Gasteiger partial charge in [-0.1, -0.05) is 47.7 Å². The summed E-state index contributed by atoms with van der Waals surface area (Å²) in [7, 11) is 0. The van der Waals surface area contributed by atoms with Crippen molar-refractivity contribution in [2.45, 2.75) is 19.8 Å². The number of aryl methyl sites for hydroxylation is 1. The number of aromatic nitrogens is 4. The Labute approximate surface area is 142 Å². The Kier molecular flexibility index (Phi) is 3.82. The van der Waals surface area contributed by atoms with E-state index in [9.17, 15) is 4.39 Å². The second-order valence-corrected chi connectivity index (χ2v) is 6.75. The summed E-state index contributed by atoms with van der Waals surface area (Å²) in [6.45, 7) is 2.11. The third-order valence-electron chi connectivity index (χ3n) is 3.98. The maximum Gasteiger partial charge on any atom is 0.234 e. The van der Waals surface area contributed by atoms with Crippen LogP contribution in [0.5, 0.6) is 0 Å². The van der Waals surface area contributed by atoms with Crippen LogP contribution in [0.25, 0.3) is 4.96 Å². The minimum absolute atomic E-state index is 0.237. The molecule has 2 heterocycles. The van der Waals surface area contributed by atoms with E-state index in [2.05, 4.69) is 34.4 Å². The van der Waals surface area contributed by atoms with E-state index in [0.717, 1.165) is 27.8 Å². The number of rotatable bonds is 4.